The number of benzene rings is 4. The standard InChI is InChI=1S/C38H45N3O4S/c1-7-31(6)39-38(43)36(24-32-14-9-8-10-15-32)40(25-33-16-12-11-13-29(33)4)37(42)26-41(34-20-19-28(3)30(5)23-34)46(44,45)35-21-17-27(2)18-22-35/h8-23,31,36H,7,24-26H2,1-6H3,(H,39,43)/t31-,36+/m0/s1. The van der Waals surface area contributed by atoms with E-state index < -0.39 is 28.5 Å². The second-order valence-electron chi connectivity index (χ2n) is 12.1. The van der Waals surface area contributed by atoms with Crippen LogP contribution in [0.3, 0.4) is 0 Å². The minimum atomic E-state index is -4.15. The average Bonchev–Trinajstić information content (AvgIpc) is 3.04. The Morgan fingerprint density at radius 3 is 2.07 bits per heavy atom. The van der Waals surface area contributed by atoms with Gasteiger partial charge in [-0.05, 0) is 93.1 Å². The van der Waals surface area contributed by atoms with Crippen molar-refractivity contribution in [2.75, 3.05) is 10.8 Å². The monoisotopic (exact) mass is 639 g/mol. The van der Waals surface area contributed by atoms with Crippen molar-refractivity contribution in [1.82, 2.24) is 10.2 Å². The number of hydrogen-bond donors (Lipinski definition) is 1. The van der Waals surface area contributed by atoms with E-state index in [-0.39, 0.29) is 29.8 Å². The molecular weight excluding hydrogens is 595 g/mol. The predicted octanol–water partition coefficient (Wildman–Crippen LogP) is 6.67. The van der Waals surface area contributed by atoms with Gasteiger partial charge in [-0.3, -0.25) is 13.9 Å². The minimum absolute atomic E-state index is 0.0879. The zero-order valence-corrected chi connectivity index (χ0v) is 28.5. The Bertz CT molecular complexity index is 1750. The van der Waals surface area contributed by atoms with Crippen LogP contribution in [0.15, 0.2) is 102 Å². The highest BCUT2D eigenvalue weighted by Gasteiger charge is 2.35. The van der Waals surface area contributed by atoms with Crippen LogP contribution in [0, 0.1) is 27.7 Å². The second-order valence-corrected chi connectivity index (χ2v) is 13.9. The zero-order chi connectivity index (χ0) is 33.4. The summed E-state index contributed by atoms with van der Waals surface area (Å²) in [5.41, 5.74) is 5.97. The fourth-order valence-electron chi connectivity index (χ4n) is 5.21. The Kier molecular flexibility index (Phi) is 11.4. The van der Waals surface area contributed by atoms with Crippen molar-refractivity contribution >= 4 is 27.5 Å². The summed E-state index contributed by atoms with van der Waals surface area (Å²) in [6.45, 7) is 11.3. The number of nitrogens with zero attached hydrogens (tertiary/aromatic N) is 2. The van der Waals surface area contributed by atoms with Crippen molar-refractivity contribution in [3.63, 3.8) is 0 Å². The molecule has 0 unspecified atom stereocenters. The summed E-state index contributed by atoms with van der Waals surface area (Å²) in [6.07, 6.45) is 1.000. The molecule has 0 fully saturated rings. The summed E-state index contributed by atoms with van der Waals surface area (Å²) in [6, 6.07) is 28.3. The Balaban J connectivity index is 1.83. The number of rotatable bonds is 13. The molecule has 242 valence electrons. The summed E-state index contributed by atoms with van der Waals surface area (Å²) in [5.74, 6) is -0.753. The third kappa shape index (κ3) is 8.43. The summed E-state index contributed by atoms with van der Waals surface area (Å²) < 4.78 is 29.7. The van der Waals surface area contributed by atoms with E-state index in [1.54, 1.807) is 41.3 Å². The first kappa shape index (κ1) is 34.4. The molecule has 0 radical (unpaired) electrons. The quantitative estimate of drug-likeness (QED) is 0.177. The smallest absolute Gasteiger partial charge is 0.264 e. The lowest BCUT2D eigenvalue weighted by Gasteiger charge is -2.34. The molecule has 0 aliphatic rings. The maximum atomic E-state index is 14.7. The van der Waals surface area contributed by atoms with Crippen LogP contribution in [0.5, 0.6) is 0 Å². The van der Waals surface area contributed by atoms with Crippen LogP contribution in [-0.2, 0) is 32.6 Å². The molecule has 4 aromatic rings. The van der Waals surface area contributed by atoms with Gasteiger partial charge in [-0.25, -0.2) is 8.42 Å². The first-order valence-corrected chi connectivity index (χ1v) is 17.2. The largest absolute Gasteiger partial charge is 0.352 e. The van der Waals surface area contributed by atoms with E-state index in [4.69, 9.17) is 0 Å². The Labute approximate surface area is 274 Å². The minimum Gasteiger partial charge on any atom is -0.352 e. The van der Waals surface area contributed by atoms with Gasteiger partial charge >= 0.3 is 0 Å². The van der Waals surface area contributed by atoms with Gasteiger partial charge in [0.05, 0.1) is 10.6 Å². The molecule has 2 amide bonds. The van der Waals surface area contributed by atoms with Gasteiger partial charge in [-0.1, -0.05) is 85.3 Å². The van der Waals surface area contributed by atoms with Crippen molar-refractivity contribution in [2.45, 2.75) is 77.9 Å². The van der Waals surface area contributed by atoms with E-state index >= 15 is 0 Å². The van der Waals surface area contributed by atoms with E-state index in [1.165, 1.54) is 4.31 Å². The number of carbonyl (C=O) groups excluding carboxylic acids is 2. The lowest BCUT2D eigenvalue weighted by molar-refractivity contribution is -0.140. The fourth-order valence-corrected chi connectivity index (χ4v) is 6.62. The molecule has 8 heteroatoms. The summed E-state index contributed by atoms with van der Waals surface area (Å²) >= 11 is 0. The van der Waals surface area contributed by atoms with Crippen LogP contribution in [0.4, 0.5) is 5.69 Å². The number of aryl methyl sites for hydroxylation is 4. The molecule has 4 rings (SSSR count). The molecule has 0 heterocycles. The molecule has 4 aromatic carbocycles. The van der Waals surface area contributed by atoms with Crippen LogP contribution < -0.4 is 9.62 Å². The number of hydrogen-bond acceptors (Lipinski definition) is 4. The first-order valence-electron chi connectivity index (χ1n) is 15.8. The molecule has 0 saturated heterocycles. The molecule has 2 atom stereocenters. The van der Waals surface area contributed by atoms with E-state index in [2.05, 4.69) is 5.32 Å². The molecule has 0 aliphatic heterocycles. The van der Waals surface area contributed by atoms with Crippen LogP contribution in [0.25, 0.3) is 0 Å². The van der Waals surface area contributed by atoms with Crippen molar-refractivity contribution in [2.24, 2.45) is 0 Å². The van der Waals surface area contributed by atoms with Crippen molar-refractivity contribution in [3.05, 3.63) is 130 Å². The molecule has 0 aliphatic carbocycles. The molecular formula is C38H45N3O4S. The molecule has 0 aromatic heterocycles. The van der Waals surface area contributed by atoms with Gasteiger partial charge in [-0.2, -0.15) is 0 Å². The van der Waals surface area contributed by atoms with E-state index in [0.29, 0.717) is 5.69 Å². The van der Waals surface area contributed by atoms with Crippen LogP contribution in [0.2, 0.25) is 0 Å². The average molecular weight is 640 g/mol. The highest BCUT2D eigenvalue weighted by Crippen LogP contribution is 2.27. The second kappa shape index (κ2) is 15.2. The predicted molar refractivity (Wildman–Crippen MR) is 185 cm³/mol. The van der Waals surface area contributed by atoms with Crippen LogP contribution in [-0.4, -0.2) is 43.8 Å². The number of sulfonamides is 1. The number of carbonyl (C=O) groups is 2. The van der Waals surface area contributed by atoms with Gasteiger partial charge in [0.15, 0.2) is 0 Å². The highest BCUT2D eigenvalue weighted by molar-refractivity contribution is 7.92. The SMILES string of the molecule is CC[C@H](C)NC(=O)[C@@H](Cc1ccccc1)N(Cc1ccccc1C)C(=O)CN(c1ccc(C)c(C)c1)S(=O)(=O)c1ccc(C)cc1. The Morgan fingerprint density at radius 1 is 0.783 bits per heavy atom. The summed E-state index contributed by atoms with van der Waals surface area (Å²) in [7, 11) is -4.15. The van der Waals surface area contributed by atoms with E-state index in [9.17, 15) is 18.0 Å². The number of anilines is 1. The maximum absolute atomic E-state index is 14.7. The third-order valence-electron chi connectivity index (χ3n) is 8.54. The van der Waals surface area contributed by atoms with Crippen LogP contribution >= 0.6 is 0 Å². The van der Waals surface area contributed by atoms with E-state index in [0.717, 1.165) is 39.8 Å². The maximum Gasteiger partial charge on any atom is 0.264 e. The molecule has 7 nitrogen and oxygen atoms in total. The molecule has 1 N–H and O–H groups in total. The van der Waals surface area contributed by atoms with Gasteiger partial charge in [0.25, 0.3) is 10.0 Å². The molecule has 46 heavy (non-hydrogen) atoms. The van der Waals surface area contributed by atoms with Crippen molar-refractivity contribution in [3.8, 4) is 0 Å². The normalized spacial score (nSPS) is 12.7. The lowest BCUT2D eigenvalue weighted by atomic mass is 10.0. The van der Waals surface area contributed by atoms with Gasteiger partial charge in [0.2, 0.25) is 11.8 Å². The Hall–Kier alpha value is -4.43. The van der Waals surface area contributed by atoms with E-state index in [1.807, 2.05) is 102 Å². The molecule has 0 bridgehead atoms. The number of nitrogens with one attached hydrogen (secondary N) is 1. The zero-order valence-electron chi connectivity index (χ0n) is 27.7. The van der Waals surface area contributed by atoms with Gasteiger partial charge in [-0.15, -0.1) is 0 Å². The van der Waals surface area contributed by atoms with Gasteiger partial charge < -0.3 is 10.2 Å². The van der Waals surface area contributed by atoms with Gasteiger partial charge in [0, 0.05) is 19.0 Å². The molecule has 0 spiro atoms. The van der Waals surface area contributed by atoms with Crippen molar-refractivity contribution in [1.29, 1.82) is 0 Å². The third-order valence-corrected chi connectivity index (χ3v) is 10.3. The topological polar surface area (TPSA) is 86.8 Å². The fraction of sp³-hybridized carbons (Fsp3) is 0.316. The lowest BCUT2D eigenvalue weighted by Crippen LogP contribution is -2.54. The van der Waals surface area contributed by atoms with Crippen molar-refractivity contribution < 1.29 is 18.0 Å². The first-order chi connectivity index (χ1) is 21.9. The number of amides is 2. The summed E-state index contributed by atoms with van der Waals surface area (Å²) in [5, 5.41) is 3.08. The van der Waals surface area contributed by atoms with Crippen LogP contribution in [0.1, 0.15) is 53.6 Å². The Morgan fingerprint density at radius 2 is 1.43 bits per heavy atom. The summed E-state index contributed by atoms with van der Waals surface area (Å²) in [4.78, 5) is 30.3. The van der Waals surface area contributed by atoms with Gasteiger partial charge in [0.1, 0.15) is 12.6 Å². The highest BCUT2D eigenvalue weighted by atomic mass is 32.2. The molecule has 0 saturated carbocycles.